The first-order chi connectivity index (χ1) is 9.86. The summed E-state index contributed by atoms with van der Waals surface area (Å²) in [6.07, 6.45) is 6.63. The normalized spacial score (nSPS) is 24.9. The first kappa shape index (κ1) is 13.7. The van der Waals surface area contributed by atoms with Crippen molar-refractivity contribution >= 4 is 0 Å². The van der Waals surface area contributed by atoms with Gasteiger partial charge in [-0.3, -0.25) is 0 Å². The number of benzene rings is 1. The fourth-order valence-electron chi connectivity index (χ4n) is 3.25. The minimum Gasteiger partial charge on any atom is -0.454 e. The van der Waals surface area contributed by atoms with Crippen LogP contribution in [0, 0.1) is 0 Å². The van der Waals surface area contributed by atoms with Gasteiger partial charge in [-0.25, -0.2) is 0 Å². The molecule has 1 saturated carbocycles. The Labute approximate surface area is 120 Å². The largest absolute Gasteiger partial charge is 0.454 e. The molecule has 2 N–H and O–H groups in total. The minimum absolute atomic E-state index is 0.350. The average molecular weight is 278 g/mol. The van der Waals surface area contributed by atoms with Crippen LogP contribution in [0.2, 0.25) is 0 Å². The van der Waals surface area contributed by atoms with E-state index in [-0.39, 0.29) is 0 Å². The first-order valence-electron chi connectivity index (χ1n) is 7.61. The van der Waals surface area contributed by atoms with Gasteiger partial charge in [0, 0.05) is 20.0 Å². The Balaban J connectivity index is 1.49. The van der Waals surface area contributed by atoms with E-state index in [2.05, 4.69) is 17.4 Å². The van der Waals surface area contributed by atoms with Crippen molar-refractivity contribution in [3.63, 3.8) is 0 Å². The second-order valence-corrected chi connectivity index (χ2v) is 5.68. The summed E-state index contributed by atoms with van der Waals surface area (Å²) in [7, 11) is 1.84. The van der Waals surface area contributed by atoms with E-state index >= 15 is 0 Å². The summed E-state index contributed by atoms with van der Waals surface area (Å²) in [6.45, 7) is 1.45. The van der Waals surface area contributed by atoms with Crippen molar-refractivity contribution in [2.75, 3.05) is 20.4 Å². The quantitative estimate of drug-likeness (QED) is 0.887. The zero-order valence-electron chi connectivity index (χ0n) is 12.1. The number of hydrogen-bond donors (Lipinski definition) is 1. The lowest BCUT2D eigenvalue weighted by Crippen LogP contribution is -2.93. The highest BCUT2D eigenvalue weighted by atomic mass is 16.7. The summed E-state index contributed by atoms with van der Waals surface area (Å²) < 4.78 is 16.4. The number of rotatable bonds is 5. The predicted octanol–water partition coefficient (Wildman–Crippen LogP) is 1.48. The van der Waals surface area contributed by atoms with Gasteiger partial charge in [0.2, 0.25) is 6.79 Å². The standard InChI is InChI=1S/C16H23NO3/c1-18-14-5-3-2-4-13(14)17-9-8-12-6-7-15-16(10-12)20-11-19-15/h6-7,10,13-14,17H,2-5,8-9,11H2,1H3/p+1/t13-,14-/m0/s1. The molecule has 0 aromatic heterocycles. The molecular weight excluding hydrogens is 254 g/mol. The van der Waals surface area contributed by atoms with Crippen molar-refractivity contribution in [1.82, 2.24) is 0 Å². The van der Waals surface area contributed by atoms with Crippen molar-refractivity contribution in [1.29, 1.82) is 0 Å². The van der Waals surface area contributed by atoms with E-state index in [9.17, 15) is 0 Å². The molecule has 20 heavy (non-hydrogen) atoms. The van der Waals surface area contributed by atoms with Gasteiger partial charge in [-0.2, -0.15) is 0 Å². The molecule has 0 bridgehead atoms. The van der Waals surface area contributed by atoms with Gasteiger partial charge in [0.1, 0.15) is 12.1 Å². The topological polar surface area (TPSA) is 44.3 Å². The third-order valence-corrected chi connectivity index (χ3v) is 4.40. The Morgan fingerprint density at radius 1 is 1.20 bits per heavy atom. The van der Waals surface area contributed by atoms with Gasteiger partial charge in [0.25, 0.3) is 0 Å². The fraction of sp³-hybridized carbons (Fsp3) is 0.625. The molecule has 4 heteroatoms. The number of fused-ring (bicyclic) bond motifs is 1. The van der Waals surface area contributed by atoms with E-state index < -0.39 is 0 Å². The number of ether oxygens (including phenoxy) is 3. The fourth-order valence-corrected chi connectivity index (χ4v) is 3.25. The van der Waals surface area contributed by atoms with Gasteiger partial charge in [0.05, 0.1) is 6.54 Å². The Hall–Kier alpha value is -1.26. The number of quaternary nitrogens is 1. The van der Waals surface area contributed by atoms with Crippen molar-refractivity contribution in [3.05, 3.63) is 23.8 Å². The highest BCUT2D eigenvalue weighted by Gasteiger charge is 2.27. The first-order valence-corrected chi connectivity index (χ1v) is 7.61. The molecule has 0 radical (unpaired) electrons. The molecule has 1 aromatic rings. The maximum Gasteiger partial charge on any atom is 0.231 e. The third kappa shape index (κ3) is 3.07. The monoisotopic (exact) mass is 278 g/mol. The van der Waals surface area contributed by atoms with E-state index in [1.165, 1.54) is 31.2 Å². The van der Waals surface area contributed by atoms with Gasteiger partial charge < -0.3 is 19.5 Å². The molecule has 2 aliphatic rings. The van der Waals surface area contributed by atoms with Crippen molar-refractivity contribution in [2.45, 2.75) is 44.2 Å². The molecule has 1 aromatic carbocycles. The second kappa shape index (κ2) is 6.46. The summed E-state index contributed by atoms with van der Waals surface area (Å²) in [5.74, 6) is 1.75. The maximum atomic E-state index is 5.60. The number of methoxy groups -OCH3 is 1. The zero-order valence-corrected chi connectivity index (χ0v) is 12.1. The van der Waals surface area contributed by atoms with Gasteiger partial charge in [-0.05, 0) is 30.5 Å². The SMILES string of the molecule is CO[C@H]1CCCC[C@@H]1[NH2+]CCc1ccc2c(c1)OCO2. The highest BCUT2D eigenvalue weighted by molar-refractivity contribution is 5.44. The molecule has 1 fully saturated rings. The average Bonchev–Trinajstić information content (AvgIpc) is 2.95. The maximum absolute atomic E-state index is 5.60. The lowest BCUT2D eigenvalue weighted by molar-refractivity contribution is -0.698. The summed E-state index contributed by atoms with van der Waals surface area (Å²) in [5, 5.41) is 2.46. The van der Waals surface area contributed by atoms with Crippen LogP contribution in [0.4, 0.5) is 0 Å². The van der Waals surface area contributed by atoms with E-state index in [4.69, 9.17) is 14.2 Å². The van der Waals surface area contributed by atoms with Gasteiger partial charge in [-0.1, -0.05) is 12.5 Å². The smallest absolute Gasteiger partial charge is 0.231 e. The molecule has 0 unspecified atom stereocenters. The molecule has 4 nitrogen and oxygen atoms in total. The molecule has 2 atom stereocenters. The van der Waals surface area contributed by atoms with Crippen LogP contribution in [0.5, 0.6) is 11.5 Å². The predicted molar refractivity (Wildman–Crippen MR) is 76.1 cm³/mol. The molecule has 1 aliphatic heterocycles. The Morgan fingerprint density at radius 2 is 2.05 bits per heavy atom. The van der Waals surface area contributed by atoms with Gasteiger partial charge in [-0.15, -0.1) is 0 Å². The second-order valence-electron chi connectivity index (χ2n) is 5.68. The van der Waals surface area contributed by atoms with E-state index in [0.717, 1.165) is 24.5 Å². The van der Waals surface area contributed by atoms with Crippen molar-refractivity contribution < 1.29 is 19.5 Å². The molecular formula is C16H24NO3+. The highest BCUT2D eigenvalue weighted by Crippen LogP contribution is 2.32. The van der Waals surface area contributed by atoms with Crippen LogP contribution in [0.1, 0.15) is 31.2 Å². The summed E-state index contributed by atoms with van der Waals surface area (Å²) >= 11 is 0. The van der Waals surface area contributed by atoms with Gasteiger partial charge >= 0.3 is 0 Å². The minimum atomic E-state index is 0.350. The molecule has 1 heterocycles. The van der Waals surface area contributed by atoms with Crippen LogP contribution in [0.15, 0.2) is 18.2 Å². The van der Waals surface area contributed by atoms with Crippen LogP contribution in [0.25, 0.3) is 0 Å². The third-order valence-electron chi connectivity index (χ3n) is 4.40. The van der Waals surface area contributed by atoms with Crippen molar-refractivity contribution in [2.24, 2.45) is 0 Å². The van der Waals surface area contributed by atoms with Crippen LogP contribution in [0.3, 0.4) is 0 Å². The van der Waals surface area contributed by atoms with Gasteiger partial charge in [0.15, 0.2) is 11.5 Å². The number of hydrogen-bond acceptors (Lipinski definition) is 3. The molecule has 110 valence electrons. The van der Waals surface area contributed by atoms with E-state index in [1.54, 1.807) is 0 Å². The van der Waals surface area contributed by atoms with Crippen LogP contribution in [-0.2, 0) is 11.2 Å². The summed E-state index contributed by atoms with van der Waals surface area (Å²) in [5.41, 5.74) is 1.32. The van der Waals surface area contributed by atoms with Crippen LogP contribution in [-0.4, -0.2) is 32.6 Å². The Bertz CT molecular complexity index is 449. The summed E-state index contributed by atoms with van der Waals surface area (Å²) in [4.78, 5) is 0. The molecule has 0 spiro atoms. The zero-order chi connectivity index (χ0) is 13.8. The van der Waals surface area contributed by atoms with E-state index in [1.807, 2.05) is 13.2 Å². The number of nitrogens with two attached hydrogens (primary N) is 1. The van der Waals surface area contributed by atoms with Crippen LogP contribution < -0.4 is 14.8 Å². The Morgan fingerprint density at radius 3 is 2.95 bits per heavy atom. The lowest BCUT2D eigenvalue weighted by atomic mass is 9.92. The Kier molecular flexibility index (Phi) is 4.43. The lowest BCUT2D eigenvalue weighted by Gasteiger charge is -2.28. The molecule has 0 amide bonds. The van der Waals surface area contributed by atoms with E-state index in [0.29, 0.717) is 18.9 Å². The van der Waals surface area contributed by atoms with Crippen molar-refractivity contribution in [3.8, 4) is 11.5 Å². The molecule has 0 saturated heterocycles. The summed E-state index contributed by atoms with van der Waals surface area (Å²) in [6, 6.07) is 6.87. The molecule has 3 rings (SSSR count). The van der Waals surface area contributed by atoms with Crippen LogP contribution >= 0.6 is 0 Å². The molecule has 1 aliphatic carbocycles.